The number of carbonyl (C=O) groups is 1. The number of amides is 1. The van der Waals surface area contributed by atoms with Crippen LogP contribution in [0.25, 0.3) is 0 Å². The standard InChI is InChI=1S/C18H20ClNO3/c19-12-6-11-18(21)20-16-9-4-5-10-17(16)23-14-13-22-15-7-2-1-3-8-15/h1-5,7-10H,6,11-14H2,(H,20,21). The maximum atomic E-state index is 11.8. The molecule has 1 amide bonds. The van der Waals surface area contributed by atoms with Gasteiger partial charge in [0.1, 0.15) is 24.7 Å². The highest BCUT2D eigenvalue weighted by molar-refractivity contribution is 6.18. The van der Waals surface area contributed by atoms with E-state index in [1.165, 1.54) is 0 Å². The molecule has 0 aliphatic heterocycles. The van der Waals surface area contributed by atoms with E-state index in [0.717, 1.165) is 5.75 Å². The van der Waals surface area contributed by atoms with E-state index in [4.69, 9.17) is 21.1 Å². The molecule has 0 aliphatic rings. The van der Waals surface area contributed by atoms with Crippen LogP contribution in [-0.4, -0.2) is 25.0 Å². The molecule has 0 spiro atoms. The van der Waals surface area contributed by atoms with E-state index in [0.29, 0.717) is 43.4 Å². The highest BCUT2D eigenvalue weighted by Gasteiger charge is 2.07. The first-order chi connectivity index (χ1) is 11.3. The molecule has 0 atom stereocenters. The number of nitrogens with one attached hydrogen (secondary N) is 1. The SMILES string of the molecule is O=C(CCCCl)Nc1ccccc1OCCOc1ccccc1. The fourth-order valence-corrected chi connectivity index (χ4v) is 2.10. The number of para-hydroxylation sites is 3. The quantitative estimate of drug-likeness (QED) is 0.555. The van der Waals surface area contributed by atoms with Crippen molar-refractivity contribution in [3.63, 3.8) is 0 Å². The van der Waals surface area contributed by atoms with Crippen LogP contribution in [0.1, 0.15) is 12.8 Å². The van der Waals surface area contributed by atoms with Gasteiger partial charge in [-0.05, 0) is 30.7 Å². The van der Waals surface area contributed by atoms with E-state index < -0.39 is 0 Å². The predicted octanol–water partition coefficient (Wildman–Crippen LogP) is 4.10. The molecule has 0 unspecified atom stereocenters. The normalized spacial score (nSPS) is 10.1. The zero-order valence-corrected chi connectivity index (χ0v) is 13.6. The summed E-state index contributed by atoms with van der Waals surface area (Å²) in [6.07, 6.45) is 1.05. The molecule has 0 bridgehead atoms. The van der Waals surface area contributed by atoms with Gasteiger partial charge in [-0.25, -0.2) is 0 Å². The third kappa shape index (κ3) is 6.20. The van der Waals surface area contributed by atoms with Gasteiger partial charge in [0.05, 0.1) is 5.69 Å². The van der Waals surface area contributed by atoms with Crippen molar-refractivity contribution in [1.29, 1.82) is 0 Å². The molecule has 0 heterocycles. The van der Waals surface area contributed by atoms with Crippen LogP contribution in [-0.2, 0) is 4.79 Å². The summed E-state index contributed by atoms with van der Waals surface area (Å²) in [5.74, 6) is 1.84. The Morgan fingerprint density at radius 1 is 0.957 bits per heavy atom. The van der Waals surface area contributed by atoms with Gasteiger partial charge in [0.2, 0.25) is 5.91 Å². The first-order valence-electron chi connectivity index (χ1n) is 7.55. The fraction of sp³-hybridized carbons (Fsp3) is 0.278. The molecule has 0 saturated carbocycles. The summed E-state index contributed by atoms with van der Waals surface area (Å²) in [4.78, 5) is 11.8. The topological polar surface area (TPSA) is 47.6 Å². The number of hydrogen-bond donors (Lipinski definition) is 1. The maximum absolute atomic E-state index is 11.8. The third-order valence-electron chi connectivity index (χ3n) is 3.05. The Labute approximate surface area is 141 Å². The number of hydrogen-bond acceptors (Lipinski definition) is 3. The summed E-state index contributed by atoms with van der Waals surface area (Å²) in [6.45, 7) is 0.821. The van der Waals surface area contributed by atoms with Gasteiger partial charge >= 0.3 is 0 Å². The van der Waals surface area contributed by atoms with Gasteiger partial charge in [-0.3, -0.25) is 4.79 Å². The number of alkyl halides is 1. The van der Waals surface area contributed by atoms with Crippen LogP contribution in [0, 0.1) is 0 Å². The minimum atomic E-state index is -0.0674. The lowest BCUT2D eigenvalue weighted by Gasteiger charge is -2.13. The van der Waals surface area contributed by atoms with E-state index >= 15 is 0 Å². The van der Waals surface area contributed by atoms with Crippen LogP contribution in [0.2, 0.25) is 0 Å². The molecule has 0 fully saturated rings. The lowest BCUT2D eigenvalue weighted by Crippen LogP contribution is -2.14. The largest absolute Gasteiger partial charge is 0.490 e. The number of rotatable bonds is 9. The van der Waals surface area contributed by atoms with Crippen molar-refractivity contribution >= 4 is 23.2 Å². The van der Waals surface area contributed by atoms with Gasteiger partial charge in [0, 0.05) is 12.3 Å². The van der Waals surface area contributed by atoms with Crippen LogP contribution in [0.4, 0.5) is 5.69 Å². The number of ether oxygens (including phenoxy) is 2. The molecule has 2 rings (SSSR count). The summed E-state index contributed by atoms with van der Waals surface area (Å²) in [7, 11) is 0. The lowest BCUT2D eigenvalue weighted by molar-refractivity contribution is -0.116. The first kappa shape index (κ1) is 17.2. The van der Waals surface area contributed by atoms with Crippen LogP contribution < -0.4 is 14.8 Å². The van der Waals surface area contributed by atoms with E-state index in [1.54, 1.807) is 0 Å². The second kappa shape index (κ2) is 9.74. The maximum Gasteiger partial charge on any atom is 0.224 e. The van der Waals surface area contributed by atoms with Crippen molar-refractivity contribution < 1.29 is 14.3 Å². The Balaban J connectivity index is 1.81. The summed E-state index contributed by atoms with van der Waals surface area (Å²) in [5, 5.41) is 2.84. The van der Waals surface area contributed by atoms with Crippen LogP contribution >= 0.6 is 11.6 Å². The van der Waals surface area contributed by atoms with Gasteiger partial charge < -0.3 is 14.8 Å². The van der Waals surface area contributed by atoms with Gasteiger partial charge in [-0.15, -0.1) is 11.6 Å². The second-order valence-electron chi connectivity index (χ2n) is 4.85. The number of carbonyl (C=O) groups excluding carboxylic acids is 1. The molecule has 2 aromatic rings. The Bertz CT molecular complexity index is 604. The van der Waals surface area contributed by atoms with E-state index in [1.807, 2.05) is 54.6 Å². The highest BCUT2D eigenvalue weighted by Crippen LogP contribution is 2.24. The molecule has 0 radical (unpaired) electrons. The van der Waals surface area contributed by atoms with Crippen molar-refractivity contribution in [2.24, 2.45) is 0 Å². The van der Waals surface area contributed by atoms with Gasteiger partial charge in [-0.1, -0.05) is 30.3 Å². The summed E-state index contributed by atoms with van der Waals surface area (Å²) in [5.41, 5.74) is 0.659. The van der Waals surface area contributed by atoms with Crippen molar-refractivity contribution in [2.75, 3.05) is 24.4 Å². The zero-order valence-electron chi connectivity index (χ0n) is 12.8. The fourth-order valence-electron chi connectivity index (χ4n) is 1.96. The molecule has 1 N–H and O–H groups in total. The molecule has 0 aliphatic carbocycles. The molecular formula is C18H20ClNO3. The van der Waals surface area contributed by atoms with Crippen molar-refractivity contribution in [1.82, 2.24) is 0 Å². The molecule has 2 aromatic carbocycles. The van der Waals surface area contributed by atoms with Crippen LogP contribution in [0.5, 0.6) is 11.5 Å². The number of anilines is 1. The summed E-state index contributed by atoms with van der Waals surface area (Å²) < 4.78 is 11.3. The Morgan fingerprint density at radius 3 is 2.43 bits per heavy atom. The first-order valence-corrected chi connectivity index (χ1v) is 8.08. The molecule has 4 nitrogen and oxygen atoms in total. The van der Waals surface area contributed by atoms with E-state index in [-0.39, 0.29) is 5.91 Å². The monoisotopic (exact) mass is 333 g/mol. The van der Waals surface area contributed by atoms with Gasteiger partial charge in [0.15, 0.2) is 0 Å². The average molecular weight is 334 g/mol. The molecule has 0 aromatic heterocycles. The predicted molar refractivity (Wildman–Crippen MR) is 92.5 cm³/mol. The van der Waals surface area contributed by atoms with E-state index in [9.17, 15) is 4.79 Å². The molecule has 122 valence electrons. The molecule has 0 saturated heterocycles. The minimum Gasteiger partial charge on any atom is -0.490 e. The zero-order chi connectivity index (χ0) is 16.3. The van der Waals surface area contributed by atoms with Crippen molar-refractivity contribution in [2.45, 2.75) is 12.8 Å². The number of benzene rings is 2. The van der Waals surface area contributed by atoms with Crippen LogP contribution in [0.3, 0.4) is 0 Å². The average Bonchev–Trinajstić information content (AvgIpc) is 2.59. The summed E-state index contributed by atoms with van der Waals surface area (Å²) >= 11 is 5.60. The third-order valence-corrected chi connectivity index (χ3v) is 3.32. The smallest absolute Gasteiger partial charge is 0.224 e. The molecule has 5 heteroatoms. The Hall–Kier alpha value is -2.20. The Morgan fingerprint density at radius 2 is 1.65 bits per heavy atom. The van der Waals surface area contributed by atoms with Crippen molar-refractivity contribution in [3.8, 4) is 11.5 Å². The highest BCUT2D eigenvalue weighted by atomic mass is 35.5. The van der Waals surface area contributed by atoms with E-state index in [2.05, 4.69) is 5.32 Å². The minimum absolute atomic E-state index is 0.0674. The van der Waals surface area contributed by atoms with Crippen LogP contribution in [0.15, 0.2) is 54.6 Å². The number of halogens is 1. The van der Waals surface area contributed by atoms with Crippen molar-refractivity contribution in [3.05, 3.63) is 54.6 Å². The lowest BCUT2D eigenvalue weighted by atomic mass is 10.2. The van der Waals surface area contributed by atoms with Gasteiger partial charge in [-0.2, -0.15) is 0 Å². The second-order valence-corrected chi connectivity index (χ2v) is 5.22. The molecular weight excluding hydrogens is 314 g/mol. The Kier molecular flexibility index (Phi) is 7.27. The van der Waals surface area contributed by atoms with Gasteiger partial charge in [0.25, 0.3) is 0 Å². The molecule has 23 heavy (non-hydrogen) atoms. The summed E-state index contributed by atoms with van der Waals surface area (Å²) in [6, 6.07) is 16.9.